The van der Waals surface area contributed by atoms with E-state index in [1.165, 1.54) is 0 Å². The van der Waals surface area contributed by atoms with Crippen molar-refractivity contribution >= 4 is 23.4 Å². The zero-order chi connectivity index (χ0) is 34.3. The summed E-state index contributed by atoms with van der Waals surface area (Å²) >= 11 is 0. The molecule has 0 saturated heterocycles. The smallest absolute Gasteiger partial charge is 0.300 e. The number of para-hydroxylation sites is 1. The summed E-state index contributed by atoms with van der Waals surface area (Å²) in [5.74, 6) is 1.44. The van der Waals surface area contributed by atoms with Crippen LogP contribution < -0.4 is 30.6 Å². The molecule has 0 fully saturated rings. The number of nitrogen functional groups attached to an aromatic ring is 1. The normalized spacial score (nSPS) is 10.8. The van der Waals surface area contributed by atoms with Crippen molar-refractivity contribution in [1.29, 1.82) is 5.41 Å². The van der Waals surface area contributed by atoms with Crippen LogP contribution in [0.4, 0.5) is 5.69 Å². The maximum absolute atomic E-state index is 13.5. The second-order valence-electron chi connectivity index (χ2n) is 10.6. The summed E-state index contributed by atoms with van der Waals surface area (Å²) in [6.07, 6.45) is 0. The number of benzene rings is 5. The molecular weight excluding hydrogens is 608 g/mol. The first-order chi connectivity index (χ1) is 23.2. The third-order valence-electron chi connectivity index (χ3n) is 6.87. The predicted molar refractivity (Wildman–Crippen MR) is 186 cm³/mol. The molecule has 246 valence electrons. The molecule has 5 aromatic rings. The van der Waals surface area contributed by atoms with Crippen LogP contribution >= 0.6 is 0 Å². The molecule has 0 spiro atoms. The predicted octanol–water partition coefficient (Wildman–Crippen LogP) is 6.91. The van der Waals surface area contributed by atoms with Gasteiger partial charge in [-0.05, 0) is 77.4 Å². The molecule has 6 N–H and O–H groups in total. The minimum Gasteiger partial charge on any atom is -0.493 e. The van der Waals surface area contributed by atoms with E-state index in [0.717, 1.165) is 23.8 Å². The highest BCUT2D eigenvalue weighted by atomic mass is 16.5. The highest BCUT2D eigenvalue weighted by Crippen LogP contribution is 2.33. The Balaban J connectivity index is 0.00000123. The van der Waals surface area contributed by atoms with Crippen LogP contribution in [-0.2, 0) is 22.7 Å². The fourth-order valence-corrected chi connectivity index (χ4v) is 4.57. The molecule has 48 heavy (non-hydrogen) atoms. The van der Waals surface area contributed by atoms with E-state index in [1.807, 2.05) is 91.0 Å². The van der Waals surface area contributed by atoms with Crippen molar-refractivity contribution in [1.82, 2.24) is 5.32 Å². The Morgan fingerprint density at radius 3 is 2.06 bits per heavy atom. The van der Waals surface area contributed by atoms with Crippen molar-refractivity contribution in [2.45, 2.75) is 26.1 Å². The van der Waals surface area contributed by atoms with Crippen molar-refractivity contribution in [3.63, 3.8) is 0 Å². The van der Waals surface area contributed by atoms with Gasteiger partial charge in [-0.1, -0.05) is 66.7 Å². The summed E-state index contributed by atoms with van der Waals surface area (Å²) in [5, 5.41) is 21.4. The second-order valence-corrected chi connectivity index (χ2v) is 10.6. The Morgan fingerprint density at radius 2 is 1.42 bits per heavy atom. The first-order valence-corrected chi connectivity index (χ1v) is 15.1. The number of aliphatic carboxylic acids is 1. The Labute approximate surface area is 279 Å². The molecule has 10 heteroatoms. The number of ether oxygens (including phenoxy) is 3. The van der Waals surface area contributed by atoms with Gasteiger partial charge in [0.25, 0.3) is 5.97 Å². The van der Waals surface area contributed by atoms with Crippen molar-refractivity contribution < 1.29 is 28.9 Å². The number of amides is 1. The molecule has 0 aliphatic heterocycles. The van der Waals surface area contributed by atoms with E-state index in [9.17, 15) is 4.79 Å². The van der Waals surface area contributed by atoms with Crippen molar-refractivity contribution in [2.75, 3.05) is 12.4 Å². The first-order valence-electron chi connectivity index (χ1n) is 15.1. The highest BCUT2D eigenvalue weighted by Gasteiger charge is 2.22. The standard InChI is InChI=1S/C36H34N4O4.C2H4O2/c1-42-33-22-28(17-20-32(33)43-24-26-11-8-14-31(21-26)44-30-12-6-3-7-13-30)34(36(41)39-23-25-9-4-2-5-10-25)40-29-18-15-27(16-19-29)35(37)38;1-2(3)4/h2-22,34,40H,23-24H2,1H3,(H3,37,38)(H,39,41);1H3,(H,3,4). The van der Waals surface area contributed by atoms with Gasteiger partial charge in [-0.3, -0.25) is 15.0 Å². The SMILES string of the molecule is CC(=O)O.COc1cc(C(Nc2ccc(C(=N)N)cc2)C(=O)NCc2ccccc2)ccc1OCc1cccc(Oc2ccccc2)c1. The van der Waals surface area contributed by atoms with E-state index in [4.69, 9.17) is 35.3 Å². The van der Waals surface area contributed by atoms with Gasteiger partial charge in [0.2, 0.25) is 5.91 Å². The highest BCUT2D eigenvalue weighted by molar-refractivity contribution is 5.95. The fourth-order valence-electron chi connectivity index (χ4n) is 4.57. The van der Waals surface area contributed by atoms with E-state index in [0.29, 0.717) is 47.2 Å². The Morgan fingerprint density at radius 1 is 0.792 bits per heavy atom. The summed E-state index contributed by atoms with van der Waals surface area (Å²) in [5.41, 5.74) is 9.52. The maximum atomic E-state index is 13.5. The molecule has 0 saturated carbocycles. The van der Waals surface area contributed by atoms with E-state index >= 15 is 0 Å². The third-order valence-corrected chi connectivity index (χ3v) is 6.87. The van der Waals surface area contributed by atoms with Crippen LogP contribution in [0.2, 0.25) is 0 Å². The van der Waals surface area contributed by atoms with Gasteiger partial charge in [-0.15, -0.1) is 0 Å². The molecule has 0 aliphatic rings. The van der Waals surface area contributed by atoms with Crippen LogP contribution in [0, 0.1) is 5.41 Å². The Hall–Kier alpha value is -6.29. The number of hydrogen-bond donors (Lipinski definition) is 5. The molecule has 1 unspecified atom stereocenters. The lowest BCUT2D eigenvalue weighted by Crippen LogP contribution is -2.33. The lowest BCUT2D eigenvalue weighted by molar-refractivity contribution is -0.134. The summed E-state index contributed by atoms with van der Waals surface area (Å²) < 4.78 is 17.8. The van der Waals surface area contributed by atoms with Gasteiger partial charge in [-0.25, -0.2) is 0 Å². The number of nitrogens with one attached hydrogen (secondary N) is 3. The summed E-state index contributed by atoms with van der Waals surface area (Å²) in [6.45, 7) is 1.76. The topological polar surface area (TPSA) is 156 Å². The zero-order valence-electron chi connectivity index (χ0n) is 26.7. The average molecular weight is 647 g/mol. The monoisotopic (exact) mass is 646 g/mol. The molecule has 0 bridgehead atoms. The van der Waals surface area contributed by atoms with E-state index in [1.54, 1.807) is 43.5 Å². The lowest BCUT2D eigenvalue weighted by atomic mass is 10.0. The van der Waals surface area contributed by atoms with Gasteiger partial charge in [0.1, 0.15) is 30.0 Å². The molecule has 5 rings (SSSR count). The zero-order valence-corrected chi connectivity index (χ0v) is 26.7. The van der Waals surface area contributed by atoms with Crippen LogP contribution in [0.25, 0.3) is 0 Å². The van der Waals surface area contributed by atoms with E-state index < -0.39 is 12.0 Å². The van der Waals surface area contributed by atoms with Crippen LogP contribution in [0.1, 0.15) is 35.2 Å². The molecule has 0 aromatic heterocycles. The lowest BCUT2D eigenvalue weighted by Gasteiger charge is -2.22. The average Bonchev–Trinajstić information content (AvgIpc) is 3.09. The number of methoxy groups -OCH3 is 1. The number of carboxylic acids is 1. The molecule has 10 nitrogen and oxygen atoms in total. The van der Waals surface area contributed by atoms with Gasteiger partial charge in [0, 0.05) is 24.7 Å². The minimum absolute atomic E-state index is 0.0236. The van der Waals surface area contributed by atoms with Crippen LogP contribution in [0.5, 0.6) is 23.0 Å². The summed E-state index contributed by atoms with van der Waals surface area (Å²) in [6, 6.07) is 38.8. The number of amidine groups is 1. The largest absolute Gasteiger partial charge is 0.493 e. The number of nitrogens with two attached hydrogens (primary N) is 1. The molecule has 0 heterocycles. The number of carbonyl (C=O) groups excluding carboxylic acids is 1. The number of carbonyl (C=O) groups is 2. The maximum Gasteiger partial charge on any atom is 0.300 e. The van der Waals surface area contributed by atoms with Crippen molar-refractivity contribution in [3.8, 4) is 23.0 Å². The van der Waals surface area contributed by atoms with Crippen LogP contribution in [0.3, 0.4) is 0 Å². The fraction of sp³-hybridized carbons (Fsp3) is 0.132. The quantitative estimate of drug-likeness (QED) is 0.0683. The molecule has 0 aliphatic carbocycles. The van der Waals surface area contributed by atoms with Crippen molar-refractivity contribution in [3.05, 3.63) is 150 Å². The number of rotatable bonds is 13. The molecular formula is C38H38N4O6. The van der Waals surface area contributed by atoms with Gasteiger partial charge in [0.15, 0.2) is 11.5 Å². The third kappa shape index (κ3) is 10.7. The summed E-state index contributed by atoms with van der Waals surface area (Å²) in [4.78, 5) is 22.5. The molecule has 5 aromatic carbocycles. The molecule has 0 radical (unpaired) electrons. The summed E-state index contributed by atoms with van der Waals surface area (Å²) in [7, 11) is 1.57. The van der Waals surface area contributed by atoms with Gasteiger partial charge >= 0.3 is 0 Å². The number of hydrogen-bond acceptors (Lipinski definition) is 7. The van der Waals surface area contributed by atoms with Gasteiger partial charge in [0.05, 0.1) is 7.11 Å². The second kappa shape index (κ2) is 17.4. The van der Waals surface area contributed by atoms with Crippen LogP contribution in [0.15, 0.2) is 127 Å². The van der Waals surface area contributed by atoms with Gasteiger partial charge in [-0.2, -0.15) is 0 Å². The number of anilines is 1. The minimum atomic E-state index is -0.833. The number of carboxylic acid groups (broad SMARTS) is 1. The van der Waals surface area contributed by atoms with E-state index in [2.05, 4.69) is 10.6 Å². The Kier molecular flexibility index (Phi) is 12.5. The van der Waals surface area contributed by atoms with E-state index in [-0.39, 0.29) is 11.7 Å². The van der Waals surface area contributed by atoms with Gasteiger partial charge < -0.3 is 35.7 Å². The molecule has 1 amide bonds. The molecule has 1 atom stereocenters. The van der Waals surface area contributed by atoms with Crippen molar-refractivity contribution in [2.24, 2.45) is 5.73 Å². The van der Waals surface area contributed by atoms with Crippen LogP contribution in [-0.4, -0.2) is 29.9 Å². The first kappa shape index (κ1) is 34.6. The Bertz CT molecular complexity index is 1790.